The summed E-state index contributed by atoms with van der Waals surface area (Å²) in [5, 5.41) is 22.0. The third-order valence-electron chi connectivity index (χ3n) is 4.34. The molecule has 0 radical (unpaired) electrons. The van der Waals surface area contributed by atoms with Crippen molar-refractivity contribution in [1.29, 1.82) is 0 Å². The molecule has 0 saturated carbocycles. The molecule has 8 nitrogen and oxygen atoms in total. The number of aliphatic hydroxyl groups excluding tert-OH is 1. The zero-order valence-corrected chi connectivity index (χ0v) is 21.8. The van der Waals surface area contributed by atoms with E-state index in [0.717, 1.165) is 11.1 Å². The Morgan fingerprint density at radius 3 is 2.44 bits per heavy atom. The van der Waals surface area contributed by atoms with Crippen LogP contribution in [0.4, 0.5) is 0 Å². The SMILES string of the molecule is CCNC(=NCC(O)c1cccc(OC(C)C)c1)NCCc1ccc(S(N)(=O)=O)cc1.I. The highest BCUT2D eigenvalue weighted by Gasteiger charge is 2.10. The van der Waals surface area contributed by atoms with Gasteiger partial charge in [0.05, 0.1) is 23.6 Å². The molecule has 0 aliphatic carbocycles. The van der Waals surface area contributed by atoms with E-state index in [9.17, 15) is 13.5 Å². The number of hydrogen-bond acceptors (Lipinski definition) is 5. The topological polar surface area (TPSA) is 126 Å². The number of halogens is 1. The van der Waals surface area contributed by atoms with Gasteiger partial charge in [-0.2, -0.15) is 0 Å². The lowest BCUT2D eigenvalue weighted by Crippen LogP contribution is -2.38. The molecule has 1 atom stereocenters. The maximum atomic E-state index is 11.3. The molecule has 32 heavy (non-hydrogen) atoms. The number of nitrogens with zero attached hydrogens (tertiary/aromatic N) is 1. The van der Waals surface area contributed by atoms with E-state index >= 15 is 0 Å². The first-order valence-corrected chi connectivity index (χ1v) is 11.8. The van der Waals surface area contributed by atoms with Gasteiger partial charge in [0.15, 0.2) is 5.96 Å². The molecule has 5 N–H and O–H groups in total. The van der Waals surface area contributed by atoms with E-state index in [0.29, 0.717) is 31.2 Å². The summed E-state index contributed by atoms with van der Waals surface area (Å²) in [6.07, 6.45) is -0.0188. The Morgan fingerprint density at radius 1 is 1.16 bits per heavy atom. The van der Waals surface area contributed by atoms with Crippen LogP contribution in [0.25, 0.3) is 0 Å². The summed E-state index contributed by atoms with van der Waals surface area (Å²) in [5.74, 6) is 1.31. The van der Waals surface area contributed by atoms with Gasteiger partial charge in [-0.1, -0.05) is 24.3 Å². The number of aliphatic hydroxyl groups is 1. The van der Waals surface area contributed by atoms with Crippen molar-refractivity contribution in [3.05, 3.63) is 59.7 Å². The van der Waals surface area contributed by atoms with Gasteiger partial charge >= 0.3 is 0 Å². The van der Waals surface area contributed by atoms with Crippen molar-refractivity contribution in [2.24, 2.45) is 10.1 Å². The van der Waals surface area contributed by atoms with Crippen molar-refractivity contribution < 1.29 is 18.3 Å². The monoisotopic (exact) mass is 576 g/mol. The van der Waals surface area contributed by atoms with Gasteiger partial charge in [-0.15, -0.1) is 24.0 Å². The predicted octanol–water partition coefficient (Wildman–Crippen LogP) is 2.57. The fourth-order valence-electron chi connectivity index (χ4n) is 2.86. The minimum Gasteiger partial charge on any atom is -0.491 e. The number of hydrogen-bond donors (Lipinski definition) is 4. The average Bonchev–Trinajstić information content (AvgIpc) is 2.71. The number of nitrogens with two attached hydrogens (primary N) is 1. The van der Waals surface area contributed by atoms with Crippen molar-refractivity contribution in [3.8, 4) is 5.75 Å². The lowest BCUT2D eigenvalue weighted by atomic mass is 10.1. The largest absolute Gasteiger partial charge is 0.491 e. The smallest absolute Gasteiger partial charge is 0.238 e. The highest BCUT2D eigenvalue weighted by atomic mass is 127. The molecule has 0 spiro atoms. The third-order valence-corrected chi connectivity index (χ3v) is 5.27. The maximum absolute atomic E-state index is 11.3. The van der Waals surface area contributed by atoms with Crippen LogP contribution in [0.2, 0.25) is 0 Å². The van der Waals surface area contributed by atoms with E-state index in [1.807, 2.05) is 45.0 Å². The van der Waals surface area contributed by atoms with Crippen molar-refractivity contribution >= 4 is 40.0 Å². The molecule has 2 rings (SSSR count). The zero-order chi connectivity index (χ0) is 22.9. The maximum Gasteiger partial charge on any atom is 0.238 e. The molecular weight excluding hydrogens is 543 g/mol. The lowest BCUT2D eigenvalue weighted by Gasteiger charge is -2.15. The highest BCUT2D eigenvalue weighted by Crippen LogP contribution is 2.20. The second-order valence-corrected chi connectivity index (χ2v) is 8.90. The van der Waals surface area contributed by atoms with Gasteiger partial charge in [-0.25, -0.2) is 13.6 Å². The first-order chi connectivity index (χ1) is 14.7. The number of ether oxygens (including phenoxy) is 1. The van der Waals surface area contributed by atoms with Crippen LogP contribution in [-0.2, 0) is 16.4 Å². The molecule has 0 bridgehead atoms. The summed E-state index contributed by atoms with van der Waals surface area (Å²) >= 11 is 0. The molecule has 178 valence electrons. The van der Waals surface area contributed by atoms with Crippen LogP contribution in [0.1, 0.15) is 38.0 Å². The fraction of sp³-hybridized carbons (Fsp3) is 0.409. The van der Waals surface area contributed by atoms with Crippen molar-refractivity contribution in [2.75, 3.05) is 19.6 Å². The number of guanidine groups is 1. The van der Waals surface area contributed by atoms with Crippen LogP contribution in [0, 0.1) is 0 Å². The first-order valence-electron chi connectivity index (χ1n) is 10.3. The van der Waals surface area contributed by atoms with Crippen LogP contribution >= 0.6 is 24.0 Å². The van der Waals surface area contributed by atoms with Crippen LogP contribution in [0.5, 0.6) is 5.75 Å². The van der Waals surface area contributed by atoms with Crippen molar-refractivity contribution in [1.82, 2.24) is 10.6 Å². The van der Waals surface area contributed by atoms with Crippen molar-refractivity contribution in [3.63, 3.8) is 0 Å². The van der Waals surface area contributed by atoms with Gasteiger partial charge in [0, 0.05) is 13.1 Å². The molecule has 0 amide bonds. The zero-order valence-electron chi connectivity index (χ0n) is 18.6. The van der Waals surface area contributed by atoms with E-state index in [-0.39, 0.29) is 41.5 Å². The number of rotatable bonds is 10. The van der Waals surface area contributed by atoms with Crippen LogP contribution in [0.15, 0.2) is 58.4 Å². The number of benzene rings is 2. The number of nitrogens with one attached hydrogen (secondary N) is 2. The van der Waals surface area contributed by atoms with E-state index in [4.69, 9.17) is 9.88 Å². The summed E-state index contributed by atoms with van der Waals surface area (Å²) in [6, 6.07) is 13.9. The van der Waals surface area contributed by atoms with E-state index in [1.54, 1.807) is 12.1 Å². The molecule has 0 saturated heterocycles. The molecule has 0 aliphatic rings. The number of sulfonamides is 1. The minimum absolute atomic E-state index is 0. The Labute approximate surface area is 207 Å². The van der Waals surface area contributed by atoms with Gasteiger partial charge in [0.25, 0.3) is 0 Å². The van der Waals surface area contributed by atoms with Gasteiger partial charge in [0.2, 0.25) is 10.0 Å². The Bertz CT molecular complexity index is 966. The average molecular weight is 577 g/mol. The van der Waals surface area contributed by atoms with E-state index < -0.39 is 16.1 Å². The molecule has 0 aliphatic heterocycles. The molecule has 1 unspecified atom stereocenters. The third kappa shape index (κ3) is 9.72. The van der Waals surface area contributed by atoms with E-state index in [2.05, 4.69) is 15.6 Å². The van der Waals surface area contributed by atoms with Crippen LogP contribution in [0.3, 0.4) is 0 Å². The van der Waals surface area contributed by atoms with Gasteiger partial charge < -0.3 is 20.5 Å². The summed E-state index contributed by atoms with van der Waals surface area (Å²) in [7, 11) is -3.68. The van der Waals surface area contributed by atoms with Crippen LogP contribution < -0.4 is 20.5 Å². The van der Waals surface area contributed by atoms with Crippen molar-refractivity contribution in [2.45, 2.75) is 44.3 Å². The molecular formula is C22H33IN4O4S. The second-order valence-electron chi connectivity index (χ2n) is 7.34. The molecule has 0 heterocycles. The van der Waals surface area contributed by atoms with Crippen LogP contribution in [-0.4, -0.2) is 45.2 Å². The Morgan fingerprint density at radius 2 is 1.84 bits per heavy atom. The first kappa shape index (κ1) is 28.1. The van der Waals surface area contributed by atoms with E-state index in [1.165, 1.54) is 12.1 Å². The van der Waals surface area contributed by atoms with Gasteiger partial charge in [0.1, 0.15) is 5.75 Å². The summed E-state index contributed by atoms with van der Waals surface area (Å²) in [6.45, 7) is 7.35. The quantitative estimate of drug-likeness (QED) is 0.196. The molecule has 2 aromatic carbocycles. The number of aliphatic imine (C=N–C) groups is 1. The highest BCUT2D eigenvalue weighted by molar-refractivity contribution is 14.0. The predicted molar refractivity (Wildman–Crippen MR) is 138 cm³/mol. The van der Waals surface area contributed by atoms with Gasteiger partial charge in [-0.3, -0.25) is 4.99 Å². The lowest BCUT2D eigenvalue weighted by molar-refractivity contribution is 0.185. The van der Waals surface area contributed by atoms with Gasteiger partial charge in [-0.05, 0) is 62.6 Å². The Balaban J connectivity index is 0.00000512. The Kier molecular flexibility index (Phi) is 12.0. The fourth-order valence-corrected chi connectivity index (χ4v) is 3.38. The molecule has 0 fully saturated rings. The summed E-state index contributed by atoms with van der Waals surface area (Å²) < 4.78 is 28.3. The molecule has 0 aromatic heterocycles. The number of primary sulfonamides is 1. The second kappa shape index (κ2) is 13.6. The molecule has 2 aromatic rings. The summed E-state index contributed by atoms with van der Waals surface area (Å²) in [5.41, 5.74) is 1.71. The minimum atomic E-state index is -3.68. The standard InChI is InChI=1S/C22H32N4O4S.HI/c1-4-24-22(25-13-12-17-8-10-20(11-9-17)31(23,28)29)26-15-21(27)18-6-5-7-19(14-18)30-16(2)3;/h5-11,14,16,21,27H,4,12-13,15H2,1-3H3,(H2,23,28,29)(H2,24,25,26);1H. The molecule has 10 heteroatoms. The Hall–Kier alpha value is -1.89. The summed E-state index contributed by atoms with van der Waals surface area (Å²) in [4.78, 5) is 4.56. The normalized spacial score (nSPS) is 12.8.